The van der Waals surface area contributed by atoms with Crippen molar-refractivity contribution in [2.45, 2.75) is 11.8 Å². The van der Waals surface area contributed by atoms with E-state index in [1.54, 1.807) is 13.1 Å². The van der Waals surface area contributed by atoms with Crippen molar-refractivity contribution in [2.24, 2.45) is 5.73 Å². The fraction of sp³-hybridized carbons (Fsp3) is 0.167. The Morgan fingerprint density at radius 2 is 2.05 bits per heavy atom. The van der Waals surface area contributed by atoms with E-state index >= 15 is 0 Å². The molecule has 0 radical (unpaired) electrons. The molecule has 0 aliphatic carbocycles. The van der Waals surface area contributed by atoms with Gasteiger partial charge in [-0.3, -0.25) is 4.79 Å². The van der Waals surface area contributed by atoms with Crippen LogP contribution >= 0.6 is 0 Å². The van der Waals surface area contributed by atoms with Crippen molar-refractivity contribution in [3.8, 4) is 5.69 Å². The predicted octanol–water partition coefficient (Wildman–Crippen LogP) is 0.683. The van der Waals surface area contributed by atoms with Gasteiger partial charge in [0.05, 0.1) is 16.1 Å². The Kier molecular flexibility index (Phi) is 3.15. The van der Waals surface area contributed by atoms with Crippen molar-refractivity contribution >= 4 is 15.7 Å². The van der Waals surface area contributed by atoms with Crippen LogP contribution in [0, 0.1) is 6.92 Å². The minimum absolute atomic E-state index is 0.0462. The number of hydrogen-bond acceptors (Lipinski definition) is 4. The van der Waals surface area contributed by atoms with E-state index in [1.807, 2.05) is 0 Å². The Labute approximate surface area is 110 Å². The Morgan fingerprint density at radius 1 is 1.37 bits per heavy atom. The maximum atomic E-state index is 11.8. The van der Waals surface area contributed by atoms with E-state index in [9.17, 15) is 13.2 Å². The SMILES string of the molecule is Cc1nccn1-c1c(C(N)=O)cccc1S(C)(=O)=O. The van der Waals surface area contributed by atoms with Crippen LogP contribution in [0.15, 0.2) is 35.5 Å². The molecule has 7 heteroatoms. The molecule has 2 rings (SSSR count). The van der Waals surface area contributed by atoms with Gasteiger partial charge in [0, 0.05) is 18.6 Å². The standard InChI is InChI=1S/C12H13N3O3S/c1-8-14-6-7-15(8)11-9(12(13)16)4-3-5-10(11)19(2,17)18/h3-7H,1-2H3,(H2,13,16). The molecule has 0 bridgehead atoms. The first-order valence-electron chi connectivity index (χ1n) is 5.45. The third kappa shape index (κ3) is 2.37. The number of aromatic nitrogens is 2. The molecule has 1 aromatic heterocycles. The molecule has 1 amide bonds. The van der Waals surface area contributed by atoms with Gasteiger partial charge in [-0.2, -0.15) is 0 Å². The first-order chi connectivity index (χ1) is 8.82. The molecule has 0 aliphatic heterocycles. The lowest BCUT2D eigenvalue weighted by molar-refractivity contribution is 0.1000. The molecule has 0 saturated heterocycles. The van der Waals surface area contributed by atoms with Gasteiger partial charge in [-0.05, 0) is 19.1 Å². The summed E-state index contributed by atoms with van der Waals surface area (Å²) in [5.74, 6) is -0.118. The zero-order valence-electron chi connectivity index (χ0n) is 10.5. The van der Waals surface area contributed by atoms with Gasteiger partial charge in [-0.15, -0.1) is 0 Å². The number of nitrogens with zero attached hydrogens (tertiary/aromatic N) is 2. The van der Waals surface area contributed by atoms with E-state index in [4.69, 9.17) is 5.73 Å². The van der Waals surface area contributed by atoms with Gasteiger partial charge in [0.25, 0.3) is 5.91 Å². The molecule has 0 fully saturated rings. The Balaban J connectivity index is 2.90. The van der Waals surface area contributed by atoms with Crippen molar-refractivity contribution in [3.05, 3.63) is 42.0 Å². The minimum atomic E-state index is -3.49. The van der Waals surface area contributed by atoms with Gasteiger partial charge in [0.1, 0.15) is 5.82 Å². The van der Waals surface area contributed by atoms with Crippen LogP contribution in [0.4, 0.5) is 0 Å². The lowest BCUT2D eigenvalue weighted by Gasteiger charge is -2.13. The number of imidazole rings is 1. The van der Waals surface area contributed by atoms with Gasteiger partial charge in [0.15, 0.2) is 9.84 Å². The first kappa shape index (κ1) is 13.3. The summed E-state index contributed by atoms with van der Waals surface area (Å²) in [6.07, 6.45) is 4.20. The molecule has 19 heavy (non-hydrogen) atoms. The number of rotatable bonds is 3. The smallest absolute Gasteiger partial charge is 0.250 e. The van der Waals surface area contributed by atoms with Gasteiger partial charge in [0.2, 0.25) is 0 Å². The Morgan fingerprint density at radius 3 is 2.53 bits per heavy atom. The van der Waals surface area contributed by atoms with Crippen molar-refractivity contribution in [1.82, 2.24) is 9.55 Å². The average molecular weight is 279 g/mol. The van der Waals surface area contributed by atoms with Crippen molar-refractivity contribution in [1.29, 1.82) is 0 Å². The Hall–Kier alpha value is -2.15. The summed E-state index contributed by atoms with van der Waals surface area (Å²) >= 11 is 0. The second-order valence-corrected chi connectivity index (χ2v) is 6.12. The zero-order chi connectivity index (χ0) is 14.2. The molecule has 2 aromatic rings. The molecule has 100 valence electrons. The van der Waals surface area contributed by atoms with E-state index in [0.29, 0.717) is 5.82 Å². The highest BCUT2D eigenvalue weighted by Crippen LogP contribution is 2.25. The number of primary amides is 1. The largest absolute Gasteiger partial charge is 0.366 e. The number of benzene rings is 1. The highest BCUT2D eigenvalue weighted by Gasteiger charge is 2.21. The maximum Gasteiger partial charge on any atom is 0.250 e. The summed E-state index contributed by atoms with van der Waals surface area (Å²) in [6, 6.07) is 4.43. The molecule has 1 heterocycles. The maximum absolute atomic E-state index is 11.8. The topological polar surface area (TPSA) is 95.1 Å². The summed E-state index contributed by atoms with van der Waals surface area (Å²) in [7, 11) is -3.49. The molecule has 0 unspecified atom stereocenters. The number of carbonyl (C=O) groups excluding carboxylic acids is 1. The van der Waals surface area contributed by atoms with Crippen LogP contribution in [-0.2, 0) is 9.84 Å². The molecule has 6 nitrogen and oxygen atoms in total. The van der Waals surface area contributed by atoms with Gasteiger partial charge < -0.3 is 10.3 Å². The molecule has 0 spiro atoms. The number of hydrogen-bond donors (Lipinski definition) is 1. The van der Waals surface area contributed by atoms with Crippen molar-refractivity contribution in [2.75, 3.05) is 6.26 Å². The van der Waals surface area contributed by atoms with Crippen LogP contribution in [-0.4, -0.2) is 30.1 Å². The summed E-state index contributed by atoms with van der Waals surface area (Å²) < 4.78 is 25.2. The fourth-order valence-electron chi connectivity index (χ4n) is 1.88. The Bertz CT molecular complexity index is 747. The van der Waals surface area contributed by atoms with Crippen LogP contribution in [0.1, 0.15) is 16.2 Å². The lowest BCUT2D eigenvalue weighted by atomic mass is 10.1. The molecule has 0 saturated carbocycles. The zero-order valence-corrected chi connectivity index (χ0v) is 11.3. The van der Waals surface area contributed by atoms with Crippen LogP contribution in [0.25, 0.3) is 5.69 Å². The highest BCUT2D eigenvalue weighted by atomic mass is 32.2. The summed E-state index contributed by atoms with van der Waals surface area (Å²) in [4.78, 5) is 15.6. The molecular weight excluding hydrogens is 266 g/mol. The summed E-state index contributed by atoms with van der Waals surface area (Å²) in [5, 5.41) is 0. The minimum Gasteiger partial charge on any atom is -0.366 e. The highest BCUT2D eigenvalue weighted by molar-refractivity contribution is 7.90. The number of aryl methyl sites for hydroxylation is 1. The van der Waals surface area contributed by atoms with E-state index < -0.39 is 15.7 Å². The molecule has 0 aliphatic rings. The van der Waals surface area contributed by atoms with Gasteiger partial charge in [-0.25, -0.2) is 13.4 Å². The number of amides is 1. The van der Waals surface area contributed by atoms with Crippen LogP contribution in [0.5, 0.6) is 0 Å². The predicted molar refractivity (Wildman–Crippen MR) is 69.9 cm³/mol. The molecule has 1 aromatic carbocycles. The summed E-state index contributed by atoms with van der Waals surface area (Å²) in [6.45, 7) is 1.71. The number of sulfone groups is 1. The number of para-hydroxylation sites is 1. The quantitative estimate of drug-likeness (QED) is 0.893. The van der Waals surface area contributed by atoms with E-state index in [1.165, 1.54) is 29.0 Å². The first-order valence-corrected chi connectivity index (χ1v) is 7.34. The molecule has 0 atom stereocenters. The number of carbonyl (C=O) groups is 1. The van der Waals surface area contributed by atoms with Gasteiger partial charge >= 0.3 is 0 Å². The van der Waals surface area contributed by atoms with Crippen LogP contribution < -0.4 is 5.73 Å². The van der Waals surface area contributed by atoms with Crippen molar-refractivity contribution < 1.29 is 13.2 Å². The second kappa shape index (κ2) is 4.51. The third-order valence-electron chi connectivity index (χ3n) is 2.73. The molecular formula is C12H13N3O3S. The lowest BCUT2D eigenvalue weighted by Crippen LogP contribution is -2.17. The second-order valence-electron chi connectivity index (χ2n) is 4.13. The molecule has 2 N–H and O–H groups in total. The monoisotopic (exact) mass is 279 g/mol. The van der Waals surface area contributed by atoms with E-state index in [-0.39, 0.29) is 16.1 Å². The summed E-state index contributed by atoms with van der Waals surface area (Å²) in [5.41, 5.74) is 5.70. The number of nitrogens with two attached hydrogens (primary N) is 1. The van der Waals surface area contributed by atoms with Crippen LogP contribution in [0.3, 0.4) is 0 Å². The van der Waals surface area contributed by atoms with E-state index in [0.717, 1.165) is 6.26 Å². The van der Waals surface area contributed by atoms with Crippen molar-refractivity contribution in [3.63, 3.8) is 0 Å². The fourth-order valence-corrected chi connectivity index (χ4v) is 2.77. The average Bonchev–Trinajstić information content (AvgIpc) is 2.73. The normalized spacial score (nSPS) is 11.5. The van der Waals surface area contributed by atoms with Crippen LogP contribution in [0.2, 0.25) is 0 Å². The third-order valence-corrected chi connectivity index (χ3v) is 3.86. The van der Waals surface area contributed by atoms with E-state index in [2.05, 4.69) is 4.98 Å². The van der Waals surface area contributed by atoms with Gasteiger partial charge in [-0.1, -0.05) is 6.07 Å².